The maximum Gasteiger partial charge on any atom is 0.311 e. The number of carbonyl (C=O) groups excluding carboxylic acids is 2. The molecule has 0 aromatic heterocycles. The Labute approximate surface area is 282 Å². The van der Waals surface area contributed by atoms with E-state index in [9.17, 15) is 9.59 Å². The van der Waals surface area contributed by atoms with Gasteiger partial charge in [0, 0.05) is 13.0 Å². The molecule has 0 unspecified atom stereocenters. The van der Waals surface area contributed by atoms with Crippen molar-refractivity contribution in [2.45, 2.75) is 220 Å². The third-order valence-electron chi connectivity index (χ3n) is 9.09. The molecule has 0 aliphatic rings. The van der Waals surface area contributed by atoms with E-state index in [1.54, 1.807) is 0 Å². The van der Waals surface area contributed by atoms with Gasteiger partial charge < -0.3 is 10.1 Å². The first-order valence-corrected chi connectivity index (χ1v) is 19.4. The van der Waals surface area contributed by atoms with E-state index in [0.717, 1.165) is 25.7 Å². The minimum atomic E-state index is -0.421. The maximum absolute atomic E-state index is 12.6. The number of carbonyl (C=O) groups is 2. The topological polar surface area (TPSA) is 55.4 Å². The molecule has 0 atom stereocenters. The quantitative estimate of drug-likeness (QED) is 0.0560. The monoisotopic (exact) mass is 644 g/mol. The van der Waals surface area contributed by atoms with Gasteiger partial charge in [0.2, 0.25) is 5.91 Å². The lowest BCUT2D eigenvalue weighted by Gasteiger charge is -2.22. The Morgan fingerprint density at radius 3 is 1.23 bits per heavy atom. The molecule has 44 heavy (non-hydrogen) atoms. The van der Waals surface area contributed by atoms with Crippen molar-refractivity contribution in [3.63, 3.8) is 0 Å². The molecule has 1 N–H and O–H groups in total. The van der Waals surface area contributed by atoms with Crippen molar-refractivity contribution < 1.29 is 14.3 Å². The van der Waals surface area contributed by atoms with Gasteiger partial charge in [0.15, 0.2) is 0 Å². The Kier molecular flexibility index (Phi) is 36.2. The second kappa shape index (κ2) is 35.1. The first-order chi connectivity index (χ1) is 20.9. The first kappa shape index (κ1) is 45.4. The lowest BCUT2D eigenvalue weighted by molar-refractivity contribution is -0.154. The summed E-state index contributed by atoms with van der Waals surface area (Å²) in [5, 5.41) is 2.99. The summed E-state index contributed by atoms with van der Waals surface area (Å²) in [7, 11) is 0. The van der Waals surface area contributed by atoms with Crippen molar-refractivity contribution in [1.82, 2.24) is 5.32 Å². The third-order valence-corrected chi connectivity index (χ3v) is 9.09. The number of unbranched alkanes of at least 4 members (excludes halogenated alkanes) is 25. The Hall–Kier alpha value is -0.770. The molecule has 0 aliphatic carbocycles. The van der Waals surface area contributed by atoms with Gasteiger partial charge in [0.05, 0.1) is 12.0 Å². The highest BCUT2D eigenvalue weighted by Gasteiger charge is 2.28. The van der Waals surface area contributed by atoms with Gasteiger partial charge in [-0.2, -0.15) is 0 Å². The van der Waals surface area contributed by atoms with Gasteiger partial charge >= 0.3 is 5.97 Å². The fourth-order valence-corrected chi connectivity index (χ4v) is 5.92. The standard InChI is InChI=1S/C39H77NO3.ClH/c1-5-7-9-11-13-15-17-19-20-21-22-24-26-28-30-33-37(41)40-35-32-36-43-38(42)39(3,4)34-31-29-27-25-23-18-16-14-12-10-8-6-2;/h5-36H2,1-4H3,(H,40,41);1H. The average Bonchev–Trinajstić information content (AvgIpc) is 2.99. The van der Waals surface area contributed by atoms with Gasteiger partial charge in [-0.3, -0.25) is 9.59 Å². The number of hydrogen-bond donors (Lipinski definition) is 1. The van der Waals surface area contributed by atoms with E-state index in [-0.39, 0.29) is 24.3 Å². The minimum Gasteiger partial charge on any atom is -0.465 e. The van der Waals surface area contributed by atoms with Crippen LogP contribution < -0.4 is 5.32 Å². The van der Waals surface area contributed by atoms with Crippen LogP contribution in [0.3, 0.4) is 0 Å². The van der Waals surface area contributed by atoms with Crippen LogP contribution in [0.5, 0.6) is 0 Å². The Bertz CT molecular complexity index is 610. The molecule has 0 aromatic rings. The van der Waals surface area contributed by atoms with E-state index >= 15 is 0 Å². The zero-order chi connectivity index (χ0) is 31.7. The molecule has 0 spiro atoms. The third kappa shape index (κ3) is 32.6. The molecule has 0 radical (unpaired) electrons. The summed E-state index contributed by atoms with van der Waals surface area (Å²) in [5.41, 5.74) is -0.421. The van der Waals surface area contributed by atoms with E-state index < -0.39 is 5.41 Å². The van der Waals surface area contributed by atoms with Crippen LogP contribution >= 0.6 is 12.4 Å². The normalized spacial score (nSPS) is 11.4. The lowest BCUT2D eigenvalue weighted by atomic mass is 9.87. The van der Waals surface area contributed by atoms with Gasteiger partial charge in [0.1, 0.15) is 0 Å². The highest BCUT2D eigenvalue weighted by molar-refractivity contribution is 5.85. The van der Waals surface area contributed by atoms with Gasteiger partial charge in [-0.15, -0.1) is 12.4 Å². The van der Waals surface area contributed by atoms with E-state index in [1.165, 1.54) is 154 Å². The van der Waals surface area contributed by atoms with Crippen LogP contribution in [0.2, 0.25) is 0 Å². The van der Waals surface area contributed by atoms with Crippen LogP contribution in [0, 0.1) is 5.41 Å². The van der Waals surface area contributed by atoms with Gasteiger partial charge in [0.25, 0.3) is 0 Å². The molecule has 0 fully saturated rings. The van der Waals surface area contributed by atoms with E-state index in [1.807, 2.05) is 13.8 Å². The molecular weight excluding hydrogens is 566 g/mol. The molecule has 0 heterocycles. The van der Waals surface area contributed by atoms with Gasteiger partial charge in [-0.1, -0.05) is 181 Å². The number of ether oxygens (including phenoxy) is 1. The van der Waals surface area contributed by atoms with Crippen LogP contribution in [-0.2, 0) is 14.3 Å². The molecule has 0 aromatic carbocycles. The molecule has 0 rings (SSSR count). The smallest absolute Gasteiger partial charge is 0.311 e. The van der Waals surface area contributed by atoms with E-state index in [0.29, 0.717) is 26.0 Å². The second-order valence-corrected chi connectivity index (χ2v) is 14.1. The zero-order valence-electron chi connectivity index (χ0n) is 30.3. The molecule has 1 amide bonds. The van der Waals surface area contributed by atoms with Crippen LogP contribution in [-0.4, -0.2) is 25.0 Å². The Morgan fingerprint density at radius 2 is 0.841 bits per heavy atom. The second-order valence-electron chi connectivity index (χ2n) is 14.1. The number of rotatable bonds is 34. The predicted molar refractivity (Wildman–Crippen MR) is 195 cm³/mol. The Morgan fingerprint density at radius 1 is 0.500 bits per heavy atom. The van der Waals surface area contributed by atoms with Crippen LogP contribution in [0.4, 0.5) is 0 Å². The summed E-state index contributed by atoms with van der Waals surface area (Å²) >= 11 is 0. The molecule has 0 aliphatic heterocycles. The predicted octanol–water partition coefficient (Wildman–Crippen LogP) is 12.8. The fourth-order valence-electron chi connectivity index (χ4n) is 5.92. The highest BCUT2D eigenvalue weighted by Crippen LogP contribution is 2.26. The van der Waals surface area contributed by atoms with E-state index in [4.69, 9.17) is 4.74 Å². The van der Waals surface area contributed by atoms with Gasteiger partial charge in [-0.25, -0.2) is 0 Å². The van der Waals surface area contributed by atoms with Crippen molar-refractivity contribution in [3.8, 4) is 0 Å². The molecule has 5 heteroatoms. The zero-order valence-corrected chi connectivity index (χ0v) is 31.1. The summed E-state index contributed by atoms with van der Waals surface area (Å²) < 4.78 is 5.55. The Balaban J connectivity index is 0. The number of esters is 1. The highest BCUT2D eigenvalue weighted by atomic mass is 35.5. The molecule has 0 bridgehead atoms. The fraction of sp³-hybridized carbons (Fsp3) is 0.949. The van der Waals surface area contributed by atoms with Crippen molar-refractivity contribution in [1.29, 1.82) is 0 Å². The van der Waals surface area contributed by atoms with Crippen LogP contribution in [0.25, 0.3) is 0 Å². The van der Waals surface area contributed by atoms with Crippen molar-refractivity contribution in [3.05, 3.63) is 0 Å². The summed E-state index contributed by atoms with van der Waals surface area (Å²) in [6.45, 7) is 9.54. The molecule has 4 nitrogen and oxygen atoms in total. The molecular formula is C39H78ClNO3. The molecule has 0 saturated carbocycles. The first-order valence-electron chi connectivity index (χ1n) is 19.4. The van der Waals surface area contributed by atoms with Crippen LogP contribution in [0.1, 0.15) is 220 Å². The molecule has 264 valence electrons. The van der Waals surface area contributed by atoms with Crippen molar-refractivity contribution in [2.24, 2.45) is 5.41 Å². The number of halogens is 1. The largest absolute Gasteiger partial charge is 0.465 e. The summed E-state index contributed by atoms with van der Waals surface area (Å²) in [6.07, 6.45) is 38.2. The maximum atomic E-state index is 12.6. The van der Waals surface area contributed by atoms with E-state index in [2.05, 4.69) is 19.2 Å². The van der Waals surface area contributed by atoms with Crippen molar-refractivity contribution >= 4 is 24.3 Å². The number of amides is 1. The lowest BCUT2D eigenvalue weighted by Crippen LogP contribution is -2.29. The summed E-state index contributed by atoms with van der Waals surface area (Å²) in [4.78, 5) is 24.7. The average molecular weight is 645 g/mol. The molecule has 0 saturated heterocycles. The summed E-state index contributed by atoms with van der Waals surface area (Å²) in [6, 6.07) is 0. The SMILES string of the molecule is CCCCCCCCCCCCCCCCCC(=O)NCCCOC(=O)C(C)(C)CCCCCCCCCCCCCC.Cl. The summed E-state index contributed by atoms with van der Waals surface area (Å²) in [5.74, 6) is 0.0352. The van der Waals surface area contributed by atoms with Crippen molar-refractivity contribution in [2.75, 3.05) is 13.2 Å². The van der Waals surface area contributed by atoms with Crippen LogP contribution in [0.15, 0.2) is 0 Å². The minimum absolute atomic E-state index is 0. The number of nitrogens with one attached hydrogen (secondary N) is 1. The number of hydrogen-bond acceptors (Lipinski definition) is 3. The van der Waals surface area contributed by atoms with Gasteiger partial charge in [-0.05, 0) is 33.1 Å².